The van der Waals surface area contributed by atoms with E-state index in [-0.39, 0.29) is 0 Å². The molecule has 1 heterocycles. The second kappa shape index (κ2) is 5.03. The molecule has 0 aromatic carbocycles. The molecule has 0 aromatic rings. The lowest BCUT2D eigenvalue weighted by Crippen LogP contribution is -2.50. The van der Waals surface area contributed by atoms with Crippen LogP contribution in [0.5, 0.6) is 0 Å². The van der Waals surface area contributed by atoms with Crippen molar-refractivity contribution in [2.75, 3.05) is 39.8 Å². The van der Waals surface area contributed by atoms with Gasteiger partial charge in [-0.15, -0.1) is 0 Å². The molecule has 2 N–H and O–H groups in total. The zero-order chi connectivity index (χ0) is 11.6. The van der Waals surface area contributed by atoms with Crippen molar-refractivity contribution in [2.45, 2.75) is 38.6 Å². The van der Waals surface area contributed by atoms with Crippen LogP contribution in [0.4, 0.5) is 0 Å². The first-order valence-electron chi connectivity index (χ1n) is 6.78. The third kappa shape index (κ3) is 2.58. The van der Waals surface area contributed by atoms with Crippen molar-refractivity contribution in [2.24, 2.45) is 11.1 Å². The van der Waals surface area contributed by atoms with Gasteiger partial charge in [-0.05, 0) is 58.3 Å². The summed E-state index contributed by atoms with van der Waals surface area (Å²) in [6.07, 6.45) is 5.39. The number of nitrogens with two attached hydrogens (primary N) is 1. The molecule has 1 saturated heterocycles. The van der Waals surface area contributed by atoms with E-state index < -0.39 is 0 Å². The molecule has 0 bridgehead atoms. The molecule has 2 aliphatic rings. The number of likely N-dealkylation sites (N-methyl/N-ethyl adjacent to an activating group) is 1. The normalized spacial score (nSPS) is 32.1. The molecule has 1 atom stereocenters. The van der Waals surface area contributed by atoms with Crippen LogP contribution >= 0.6 is 0 Å². The van der Waals surface area contributed by atoms with Crippen molar-refractivity contribution in [3.05, 3.63) is 0 Å². The highest BCUT2D eigenvalue weighted by Gasteiger charge is 2.38. The molecule has 2 rings (SSSR count). The number of rotatable bonds is 3. The van der Waals surface area contributed by atoms with Crippen molar-refractivity contribution < 1.29 is 0 Å². The minimum Gasteiger partial charge on any atom is -0.330 e. The Morgan fingerprint density at radius 2 is 2.00 bits per heavy atom. The summed E-state index contributed by atoms with van der Waals surface area (Å²) in [5.74, 6) is 0. The van der Waals surface area contributed by atoms with E-state index in [1.807, 2.05) is 0 Å². The monoisotopic (exact) mass is 225 g/mol. The van der Waals surface area contributed by atoms with Crippen LogP contribution in [0.1, 0.15) is 32.6 Å². The molecular weight excluding hydrogens is 198 g/mol. The summed E-state index contributed by atoms with van der Waals surface area (Å²) >= 11 is 0. The molecule has 1 unspecified atom stereocenters. The van der Waals surface area contributed by atoms with Crippen molar-refractivity contribution >= 4 is 0 Å². The summed E-state index contributed by atoms with van der Waals surface area (Å²) in [5.41, 5.74) is 6.43. The summed E-state index contributed by atoms with van der Waals surface area (Å²) in [6, 6.07) is 0.691. The van der Waals surface area contributed by atoms with Gasteiger partial charge in [0.15, 0.2) is 0 Å². The quantitative estimate of drug-likeness (QED) is 0.782. The molecule has 1 aliphatic heterocycles. The molecule has 2 fully saturated rings. The molecule has 16 heavy (non-hydrogen) atoms. The summed E-state index contributed by atoms with van der Waals surface area (Å²) in [6.45, 7) is 8.19. The van der Waals surface area contributed by atoms with E-state index in [1.165, 1.54) is 51.9 Å². The minimum atomic E-state index is 0.469. The Bertz CT molecular complexity index is 220. The summed E-state index contributed by atoms with van der Waals surface area (Å²) in [5, 5.41) is 0. The van der Waals surface area contributed by atoms with Crippen LogP contribution < -0.4 is 5.73 Å². The first-order chi connectivity index (χ1) is 7.65. The Morgan fingerprint density at radius 1 is 1.25 bits per heavy atom. The van der Waals surface area contributed by atoms with Crippen LogP contribution in [-0.2, 0) is 0 Å². The van der Waals surface area contributed by atoms with Gasteiger partial charge in [-0.25, -0.2) is 0 Å². The van der Waals surface area contributed by atoms with Crippen LogP contribution in [0.3, 0.4) is 0 Å². The van der Waals surface area contributed by atoms with Gasteiger partial charge in [-0.1, -0.05) is 6.42 Å². The van der Waals surface area contributed by atoms with Crippen LogP contribution in [-0.4, -0.2) is 55.6 Å². The summed E-state index contributed by atoms with van der Waals surface area (Å²) in [7, 11) is 2.24. The van der Waals surface area contributed by atoms with Gasteiger partial charge >= 0.3 is 0 Å². The van der Waals surface area contributed by atoms with E-state index in [0.29, 0.717) is 11.5 Å². The third-order valence-corrected chi connectivity index (χ3v) is 4.57. The maximum Gasteiger partial charge on any atom is 0.0195 e. The van der Waals surface area contributed by atoms with E-state index in [9.17, 15) is 0 Å². The van der Waals surface area contributed by atoms with Crippen molar-refractivity contribution in [3.63, 3.8) is 0 Å². The lowest BCUT2D eigenvalue weighted by Gasteiger charge is -2.45. The highest BCUT2D eigenvalue weighted by Crippen LogP contribution is 2.41. The smallest absolute Gasteiger partial charge is 0.0195 e. The average Bonchev–Trinajstić information content (AvgIpc) is 2.34. The predicted molar refractivity (Wildman–Crippen MR) is 68.5 cm³/mol. The van der Waals surface area contributed by atoms with E-state index in [2.05, 4.69) is 23.8 Å². The van der Waals surface area contributed by atoms with Gasteiger partial charge in [-0.2, -0.15) is 0 Å². The predicted octanol–water partition coefficient (Wildman–Crippen LogP) is 1.14. The van der Waals surface area contributed by atoms with Gasteiger partial charge in [0.2, 0.25) is 0 Å². The molecular formula is C13H27N3. The molecule has 3 nitrogen and oxygen atoms in total. The Kier molecular flexibility index (Phi) is 3.88. The molecule has 94 valence electrons. The van der Waals surface area contributed by atoms with Crippen molar-refractivity contribution in [1.29, 1.82) is 0 Å². The molecule has 0 radical (unpaired) electrons. The second-order valence-corrected chi connectivity index (χ2v) is 5.99. The molecule has 0 spiro atoms. The summed E-state index contributed by atoms with van der Waals surface area (Å²) < 4.78 is 0. The molecule has 1 aliphatic carbocycles. The molecule has 3 heteroatoms. The number of hydrogen-bond donors (Lipinski definition) is 1. The van der Waals surface area contributed by atoms with E-state index in [0.717, 1.165) is 6.54 Å². The standard InChI is InChI=1S/C13H27N3/c1-12-9-15(2)7-4-8-16(12)11-13(10-14)5-3-6-13/h12H,3-11,14H2,1-2H3. The molecule has 0 amide bonds. The highest BCUT2D eigenvalue weighted by atomic mass is 15.2. The fourth-order valence-corrected chi connectivity index (χ4v) is 3.19. The van der Waals surface area contributed by atoms with Gasteiger partial charge in [0, 0.05) is 19.1 Å². The summed E-state index contributed by atoms with van der Waals surface area (Å²) in [4.78, 5) is 5.13. The topological polar surface area (TPSA) is 32.5 Å². The third-order valence-electron chi connectivity index (χ3n) is 4.57. The first kappa shape index (κ1) is 12.3. The maximum atomic E-state index is 5.96. The first-order valence-corrected chi connectivity index (χ1v) is 6.78. The van der Waals surface area contributed by atoms with E-state index in [4.69, 9.17) is 5.73 Å². The zero-order valence-electron chi connectivity index (χ0n) is 10.9. The van der Waals surface area contributed by atoms with E-state index >= 15 is 0 Å². The largest absolute Gasteiger partial charge is 0.330 e. The fourth-order valence-electron chi connectivity index (χ4n) is 3.19. The molecule has 1 saturated carbocycles. The van der Waals surface area contributed by atoms with E-state index in [1.54, 1.807) is 0 Å². The Balaban J connectivity index is 1.92. The highest BCUT2D eigenvalue weighted by molar-refractivity contribution is 4.92. The van der Waals surface area contributed by atoms with Gasteiger partial charge < -0.3 is 10.6 Å². The maximum absolute atomic E-state index is 5.96. The Morgan fingerprint density at radius 3 is 2.56 bits per heavy atom. The minimum absolute atomic E-state index is 0.469. The molecule has 0 aromatic heterocycles. The Labute approximate surface area is 100.0 Å². The average molecular weight is 225 g/mol. The SMILES string of the molecule is CC1CN(C)CCCN1CC1(CN)CCC1. The number of nitrogens with zero attached hydrogens (tertiary/aromatic N) is 2. The fraction of sp³-hybridized carbons (Fsp3) is 1.00. The lowest BCUT2D eigenvalue weighted by molar-refractivity contribution is 0.0564. The van der Waals surface area contributed by atoms with Gasteiger partial charge in [0.05, 0.1) is 0 Å². The van der Waals surface area contributed by atoms with Crippen LogP contribution in [0.25, 0.3) is 0 Å². The zero-order valence-corrected chi connectivity index (χ0v) is 10.9. The number of hydrogen-bond acceptors (Lipinski definition) is 3. The van der Waals surface area contributed by atoms with Crippen LogP contribution in [0.2, 0.25) is 0 Å². The second-order valence-electron chi connectivity index (χ2n) is 5.99. The van der Waals surface area contributed by atoms with Gasteiger partial charge in [0.25, 0.3) is 0 Å². The van der Waals surface area contributed by atoms with Gasteiger partial charge in [-0.3, -0.25) is 4.90 Å². The van der Waals surface area contributed by atoms with Gasteiger partial charge in [0.1, 0.15) is 0 Å². The Hall–Kier alpha value is -0.120. The van der Waals surface area contributed by atoms with Crippen molar-refractivity contribution in [1.82, 2.24) is 9.80 Å². The lowest BCUT2D eigenvalue weighted by atomic mass is 9.68. The van der Waals surface area contributed by atoms with Crippen molar-refractivity contribution in [3.8, 4) is 0 Å². The van der Waals surface area contributed by atoms with Crippen LogP contribution in [0, 0.1) is 5.41 Å². The van der Waals surface area contributed by atoms with Crippen LogP contribution in [0.15, 0.2) is 0 Å².